The summed E-state index contributed by atoms with van der Waals surface area (Å²) in [7, 11) is 1.56. The van der Waals surface area contributed by atoms with Crippen LogP contribution in [0.15, 0.2) is 52.9 Å². The van der Waals surface area contributed by atoms with Crippen molar-refractivity contribution < 1.29 is 13.9 Å². The minimum atomic E-state index is -0.375. The number of anilines is 1. The van der Waals surface area contributed by atoms with Crippen LogP contribution >= 0.6 is 0 Å². The fraction of sp³-hybridized carbons (Fsp3) is 0.111. The molecule has 0 aliphatic rings. The number of amides is 1. The predicted octanol–water partition coefficient (Wildman–Crippen LogP) is 3.48. The number of ether oxygens (including phenoxy) is 1. The summed E-state index contributed by atoms with van der Waals surface area (Å²) < 4.78 is 10.6. The van der Waals surface area contributed by atoms with E-state index >= 15 is 0 Å². The molecule has 0 spiro atoms. The van der Waals surface area contributed by atoms with E-state index in [1.807, 2.05) is 31.2 Å². The Morgan fingerprint density at radius 3 is 2.57 bits per heavy atom. The first kappa shape index (κ1) is 14.8. The van der Waals surface area contributed by atoms with Crippen molar-refractivity contribution in [2.45, 2.75) is 6.92 Å². The second-order valence-electron chi connectivity index (χ2n) is 5.21. The summed E-state index contributed by atoms with van der Waals surface area (Å²) in [6.07, 6.45) is 0. The van der Waals surface area contributed by atoms with E-state index in [0.29, 0.717) is 17.0 Å². The first-order chi connectivity index (χ1) is 11.1. The highest BCUT2D eigenvalue weighted by molar-refractivity contribution is 6.05. The largest absolute Gasteiger partial charge is 0.497 e. The molecule has 0 bridgehead atoms. The smallest absolute Gasteiger partial charge is 0.261 e. The van der Waals surface area contributed by atoms with Crippen LogP contribution < -0.4 is 15.6 Å². The van der Waals surface area contributed by atoms with Gasteiger partial charge in [0.05, 0.1) is 7.11 Å². The summed E-state index contributed by atoms with van der Waals surface area (Å²) in [6.45, 7) is 1.98. The molecule has 23 heavy (non-hydrogen) atoms. The van der Waals surface area contributed by atoms with Crippen LogP contribution in [0.4, 0.5) is 5.69 Å². The van der Waals surface area contributed by atoms with E-state index in [1.54, 1.807) is 31.4 Å². The van der Waals surface area contributed by atoms with Gasteiger partial charge < -0.3 is 14.5 Å². The Bertz CT molecular complexity index is 927. The van der Waals surface area contributed by atoms with Crippen molar-refractivity contribution in [1.82, 2.24) is 0 Å². The Hall–Kier alpha value is -3.08. The number of benzene rings is 2. The Labute approximate surface area is 133 Å². The molecule has 0 atom stereocenters. The van der Waals surface area contributed by atoms with E-state index in [2.05, 4.69) is 5.32 Å². The molecule has 3 rings (SSSR count). The minimum Gasteiger partial charge on any atom is -0.497 e. The van der Waals surface area contributed by atoms with Gasteiger partial charge in [0.25, 0.3) is 5.91 Å². The van der Waals surface area contributed by atoms with Gasteiger partial charge in [0, 0.05) is 17.1 Å². The zero-order valence-electron chi connectivity index (χ0n) is 12.8. The molecule has 2 aromatic carbocycles. The van der Waals surface area contributed by atoms with Crippen molar-refractivity contribution in [2.75, 3.05) is 12.4 Å². The summed E-state index contributed by atoms with van der Waals surface area (Å²) in [6, 6.07) is 14.4. The number of hydrogen-bond donors (Lipinski definition) is 2. The molecule has 1 aromatic heterocycles. The van der Waals surface area contributed by atoms with Gasteiger partial charge in [-0.2, -0.15) is 0 Å². The third-order valence-electron chi connectivity index (χ3n) is 3.53. The van der Waals surface area contributed by atoms with Gasteiger partial charge in [-0.05, 0) is 37.3 Å². The van der Waals surface area contributed by atoms with Crippen LogP contribution in [0.1, 0.15) is 15.9 Å². The number of nitrogens with one attached hydrogen (secondary N) is 2. The molecule has 0 aliphatic heterocycles. The molecule has 5 nitrogen and oxygen atoms in total. The zero-order valence-corrected chi connectivity index (χ0v) is 12.8. The maximum Gasteiger partial charge on any atom is 0.261 e. The van der Waals surface area contributed by atoms with Crippen molar-refractivity contribution in [3.63, 3.8) is 0 Å². The summed E-state index contributed by atoms with van der Waals surface area (Å²) in [5.74, 6) is 0.262. The zero-order chi connectivity index (χ0) is 16.4. The van der Waals surface area contributed by atoms with Gasteiger partial charge in [0.1, 0.15) is 16.9 Å². The molecule has 2 N–H and O–H groups in total. The number of carbonyl (C=O) groups is 1. The second-order valence-corrected chi connectivity index (χ2v) is 5.21. The van der Waals surface area contributed by atoms with E-state index in [4.69, 9.17) is 14.6 Å². The van der Waals surface area contributed by atoms with Crippen LogP contribution in [-0.2, 0) is 0 Å². The molecule has 0 radical (unpaired) electrons. The van der Waals surface area contributed by atoms with Crippen LogP contribution in [0.3, 0.4) is 0 Å². The molecule has 3 aromatic rings. The third kappa shape index (κ3) is 3.08. The van der Waals surface area contributed by atoms with Crippen molar-refractivity contribution in [3.8, 4) is 5.75 Å². The van der Waals surface area contributed by atoms with Gasteiger partial charge in [0.15, 0.2) is 0 Å². The quantitative estimate of drug-likeness (QED) is 0.777. The lowest BCUT2D eigenvalue weighted by atomic mass is 10.1. The second kappa shape index (κ2) is 5.96. The molecule has 0 fully saturated rings. The molecule has 5 heteroatoms. The number of aryl methyl sites for hydroxylation is 1. The topological polar surface area (TPSA) is 75.3 Å². The first-order valence-corrected chi connectivity index (χ1v) is 7.11. The highest BCUT2D eigenvalue weighted by Gasteiger charge is 2.12. The lowest BCUT2D eigenvalue weighted by molar-refractivity contribution is 0.102. The van der Waals surface area contributed by atoms with Crippen LogP contribution in [0.25, 0.3) is 11.0 Å². The highest BCUT2D eigenvalue weighted by Crippen LogP contribution is 2.20. The van der Waals surface area contributed by atoms with Gasteiger partial charge in [-0.25, -0.2) is 0 Å². The van der Waals surface area contributed by atoms with E-state index in [1.165, 1.54) is 0 Å². The Kier molecular flexibility index (Phi) is 3.85. The molecule has 0 aliphatic carbocycles. The van der Waals surface area contributed by atoms with Crippen LogP contribution in [0, 0.1) is 12.3 Å². The molecule has 0 saturated heterocycles. The van der Waals surface area contributed by atoms with Crippen LogP contribution in [-0.4, -0.2) is 13.0 Å². The van der Waals surface area contributed by atoms with Crippen LogP contribution in [0.5, 0.6) is 5.75 Å². The normalized spacial score (nSPS) is 10.5. The number of rotatable bonds is 3. The molecular formula is C18H16N2O3. The van der Waals surface area contributed by atoms with Gasteiger partial charge in [-0.15, -0.1) is 0 Å². The molecular weight excluding hydrogens is 292 g/mol. The lowest BCUT2D eigenvalue weighted by Crippen LogP contribution is -2.20. The first-order valence-electron chi connectivity index (χ1n) is 7.11. The van der Waals surface area contributed by atoms with E-state index in [-0.39, 0.29) is 17.0 Å². The summed E-state index contributed by atoms with van der Waals surface area (Å²) in [4.78, 5) is 12.4. The monoisotopic (exact) mass is 308 g/mol. The average Bonchev–Trinajstić information content (AvgIpc) is 2.55. The SMILES string of the molecule is COc1ccc2cc(C(=O)Nc3ccc(C)cc3)c(=N)oc2c1. The number of hydrogen-bond acceptors (Lipinski definition) is 4. The summed E-state index contributed by atoms with van der Waals surface area (Å²) in [5.41, 5.74) is 2.29. The molecule has 1 heterocycles. The molecule has 0 saturated carbocycles. The maximum absolute atomic E-state index is 12.4. The van der Waals surface area contributed by atoms with Crippen LogP contribution in [0.2, 0.25) is 0 Å². The van der Waals surface area contributed by atoms with Crippen molar-refractivity contribution >= 4 is 22.6 Å². The summed E-state index contributed by atoms with van der Waals surface area (Å²) >= 11 is 0. The van der Waals surface area contributed by atoms with Gasteiger partial charge in [-0.1, -0.05) is 17.7 Å². The number of carbonyl (C=O) groups excluding carboxylic acids is 1. The van der Waals surface area contributed by atoms with Gasteiger partial charge >= 0.3 is 0 Å². The third-order valence-corrected chi connectivity index (χ3v) is 3.53. The van der Waals surface area contributed by atoms with E-state index in [9.17, 15) is 4.79 Å². The van der Waals surface area contributed by atoms with Crippen molar-refractivity contribution in [3.05, 3.63) is 65.2 Å². The van der Waals surface area contributed by atoms with Gasteiger partial charge in [0.2, 0.25) is 5.55 Å². The molecule has 1 amide bonds. The minimum absolute atomic E-state index is 0.184. The molecule has 0 unspecified atom stereocenters. The summed E-state index contributed by atoms with van der Waals surface area (Å²) in [5, 5.41) is 11.4. The fourth-order valence-corrected chi connectivity index (χ4v) is 2.24. The maximum atomic E-state index is 12.4. The van der Waals surface area contributed by atoms with Gasteiger partial charge in [-0.3, -0.25) is 10.2 Å². The van der Waals surface area contributed by atoms with Crippen molar-refractivity contribution in [1.29, 1.82) is 5.41 Å². The van der Waals surface area contributed by atoms with Crippen molar-refractivity contribution in [2.24, 2.45) is 0 Å². The lowest BCUT2D eigenvalue weighted by Gasteiger charge is -2.07. The Balaban J connectivity index is 1.95. The Morgan fingerprint density at radius 1 is 1.13 bits per heavy atom. The Morgan fingerprint density at radius 2 is 1.87 bits per heavy atom. The number of methoxy groups -OCH3 is 1. The molecule has 116 valence electrons. The fourth-order valence-electron chi connectivity index (χ4n) is 2.24. The van der Waals surface area contributed by atoms with E-state index < -0.39 is 0 Å². The number of fused-ring (bicyclic) bond motifs is 1. The average molecular weight is 308 g/mol. The highest BCUT2D eigenvalue weighted by atomic mass is 16.5. The predicted molar refractivity (Wildman–Crippen MR) is 87.8 cm³/mol. The van der Waals surface area contributed by atoms with E-state index in [0.717, 1.165) is 10.9 Å². The standard InChI is InChI=1S/C18H16N2O3/c1-11-3-6-13(7-4-11)20-18(21)15-9-12-5-8-14(22-2)10-16(12)23-17(15)19/h3-10,19H,1-2H3,(H,20,21).